The first-order valence-electron chi connectivity index (χ1n) is 11.2. The van der Waals surface area contributed by atoms with Gasteiger partial charge in [-0.3, -0.25) is 4.79 Å². The quantitative estimate of drug-likeness (QED) is 0.461. The molecule has 1 aliphatic rings. The van der Waals surface area contributed by atoms with Crippen molar-refractivity contribution in [1.29, 1.82) is 0 Å². The molecule has 0 saturated carbocycles. The van der Waals surface area contributed by atoms with Gasteiger partial charge in [0.15, 0.2) is 11.5 Å². The van der Waals surface area contributed by atoms with E-state index in [1.54, 1.807) is 26.4 Å². The third-order valence-corrected chi connectivity index (χ3v) is 6.37. The lowest BCUT2D eigenvalue weighted by Crippen LogP contribution is -2.26. The third-order valence-electron chi connectivity index (χ3n) is 6.37. The van der Waals surface area contributed by atoms with E-state index in [0.717, 1.165) is 30.4 Å². The second-order valence-corrected chi connectivity index (χ2v) is 8.27. The molecule has 1 saturated heterocycles. The van der Waals surface area contributed by atoms with Gasteiger partial charge in [0.2, 0.25) is 0 Å². The minimum atomic E-state index is -0.287. The van der Waals surface area contributed by atoms with Gasteiger partial charge in [0.1, 0.15) is 5.82 Å². The maximum atomic E-state index is 13.5. The van der Waals surface area contributed by atoms with Crippen LogP contribution in [0.15, 0.2) is 42.5 Å². The van der Waals surface area contributed by atoms with Crippen LogP contribution in [0.2, 0.25) is 0 Å². The van der Waals surface area contributed by atoms with Crippen LogP contribution in [-0.4, -0.2) is 33.4 Å². The average molecular weight is 445 g/mol. The molecule has 1 heterocycles. The second-order valence-electron chi connectivity index (χ2n) is 8.27. The van der Waals surface area contributed by atoms with Gasteiger partial charge < -0.3 is 18.9 Å². The van der Waals surface area contributed by atoms with Crippen molar-refractivity contribution in [1.82, 2.24) is 0 Å². The zero-order valence-electron chi connectivity index (χ0n) is 19.3. The maximum absolute atomic E-state index is 13.5. The van der Waals surface area contributed by atoms with Gasteiger partial charge in [0.25, 0.3) is 0 Å². The summed E-state index contributed by atoms with van der Waals surface area (Å²) in [6.07, 6.45) is 2.00. The molecule has 0 amide bonds. The van der Waals surface area contributed by atoms with E-state index in [2.05, 4.69) is 0 Å². The Balaban J connectivity index is 1.80. The molecule has 174 valence electrons. The lowest BCUT2D eigenvalue weighted by atomic mass is 9.84. The van der Waals surface area contributed by atoms with Crippen LogP contribution in [0.3, 0.4) is 0 Å². The van der Waals surface area contributed by atoms with Gasteiger partial charge in [0, 0.05) is 5.92 Å². The van der Waals surface area contributed by atoms with Gasteiger partial charge in [-0.1, -0.05) is 32.0 Å². The number of hydrogen-bond donors (Lipinski definition) is 0. The Morgan fingerprint density at radius 1 is 1.06 bits per heavy atom. The van der Waals surface area contributed by atoms with Crippen molar-refractivity contribution in [2.75, 3.05) is 27.4 Å². The molecule has 3 rings (SSSR count). The fourth-order valence-electron chi connectivity index (χ4n) is 4.38. The summed E-state index contributed by atoms with van der Waals surface area (Å²) in [5, 5.41) is 0. The van der Waals surface area contributed by atoms with Crippen LogP contribution in [0, 0.1) is 23.6 Å². The summed E-state index contributed by atoms with van der Waals surface area (Å²) in [5.74, 6) is 0.917. The van der Waals surface area contributed by atoms with Crippen LogP contribution in [-0.2, 0) is 20.7 Å². The molecule has 3 atom stereocenters. The number of carbonyl (C=O) groups is 1. The van der Waals surface area contributed by atoms with E-state index in [-0.39, 0.29) is 42.3 Å². The van der Waals surface area contributed by atoms with E-state index in [9.17, 15) is 9.18 Å². The molecular formula is C26H33FO5. The van der Waals surface area contributed by atoms with E-state index in [1.165, 1.54) is 12.1 Å². The predicted octanol–water partition coefficient (Wildman–Crippen LogP) is 5.37. The average Bonchev–Trinajstić information content (AvgIpc) is 3.21. The summed E-state index contributed by atoms with van der Waals surface area (Å²) in [6, 6.07) is 12.2. The molecule has 0 spiro atoms. The zero-order valence-corrected chi connectivity index (χ0v) is 19.3. The number of benzene rings is 2. The summed E-state index contributed by atoms with van der Waals surface area (Å²) in [7, 11) is 3.23. The van der Waals surface area contributed by atoms with Crippen molar-refractivity contribution < 1.29 is 28.1 Å². The number of methoxy groups -OCH3 is 2. The minimum Gasteiger partial charge on any atom is -0.493 e. The zero-order chi connectivity index (χ0) is 23.1. The first kappa shape index (κ1) is 24.1. The second kappa shape index (κ2) is 11.3. The molecule has 0 aromatic heterocycles. The molecule has 6 heteroatoms. The summed E-state index contributed by atoms with van der Waals surface area (Å²) in [5.41, 5.74) is 1.98. The van der Waals surface area contributed by atoms with Gasteiger partial charge in [0.05, 0.1) is 39.5 Å². The lowest BCUT2D eigenvalue weighted by Gasteiger charge is -2.24. The summed E-state index contributed by atoms with van der Waals surface area (Å²) in [4.78, 5) is 12.5. The highest BCUT2D eigenvalue weighted by Crippen LogP contribution is 2.41. The molecule has 2 aromatic carbocycles. The Hall–Kier alpha value is -2.60. The van der Waals surface area contributed by atoms with E-state index in [1.807, 2.05) is 32.0 Å². The summed E-state index contributed by atoms with van der Waals surface area (Å²) < 4.78 is 36.1. The molecule has 5 nitrogen and oxygen atoms in total. The van der Waals surface area contributed by atoms with Gasteiger partial charge >= 0.3 is 5.97 Å². The Morgan fingerprint density at radius 3 is 2.38 bits per heavy atom. The van der Waals surface area contributed by atoms with E-state index >= 15 is 0 Å². The number of halogens is 1. The molecule has 0 aliphatic carbocycles. The highest BCUT2D eigenvalue weighted by atomic mass is 19.1. The largest absolute Gasteiger partial charge is 0.493 e. The molecule has 1 fully saturated rings. The normalized spacial score (nSPS) is 20.4. The van der Waals surface area contributed by atoms with E-state index < -0.39 is 0 Å². The molecule has 1 unspecified atom stereocenters. The molecule has 0 N–H and O–H groups in total. The molecule has 32 heavy (non-hydrogen) atoms. The third kappa shape index (κ3) is 5.60. The van der Waals surface area contributed by atoms with Crippen molar-refractivity contribution >= 4 is 5.97 Å². The standard InChI is InChI=1S/C26H33FO5/c1-5-18(6-2)26(28)32-16-22-20(13-17-7-12-23(29-3)24(14-17)30-4)15-31-25(22)19-8-10-21(27)11-9-19/h7-12,14,18,20,22,25H,5-6,13,15-16H2,1-4H3/t20-,22-,25?/m0/s1. The molecule has 2 aromatic rings. The molecule has 0 bridgehead atoms. The van der Waals surface area contributed by atoms with E-state index in [4.69, 9.17) is 18.9 Å². The van der Waals surface area contributed by atoms with Crippen molar-refractivity contribution in [3.8, 4) is 11.5 Å². The fraction of sp³-hybridized carbons (Fsp3) is 0.500. The smallest absolute Gasteiger partial charge is 0.308 e. The SMILES string of the molecule is CCC(CC)C(=O)OC[C@@H]1C(c2ccc(F)cc2)OC[C@@H]1Cc1ccc(OC)c(OC)c1. The van der Waals surface area contributed by atoms with Crippen molar-refractivity contribution in [2.45, 2.75) is 39.2 Å². The fourth-order valence-corrected chi connectivity index (χ4v) is 4.38. The highest BCUT2D eigenvalue weighted by molar-refractivity contribution is 5.72. The van der Waals surface area contributed by atoms with E-state index in [0.29, 0.717) is 18.1 Å². The van der Waals surface area contributed by atoms with Crippen LogP contribution in [0.4, 0.5) is 4.39 Å². The lowest BCUT2D eigenvalue weighted by molar-refractivity contribution is -0.151. The van der Waals surface area contributed by atoms with Crippen molar-refractivity contribution in [3.05, 3.63) is 59.4 Å². The number of ether oxygens (including phenoxy) is 4. The highest BCUT2D eigenvalue weighted by Gasteiger charge is 2.39. The molecule has 0 radical (unpaired) electrons. The number of carbonyl (C=O) groups excluding carboxylic acids is 1. The van der Waals surface area contributed by atoms with Crippen LogP contribution in [0.5, 0.6) is 11.5 Å². The first-order valence-corrected chi connectivity index (χ1v) is 11.2. The van der Waals surface area contributed by atoms with Gasteiger partial charge in [-0.05, 0) is 60.6 Å². The minimum absolute atomic E-state index is 0.0353. The number of esters is 1. The number of hydrogen-bond acceptors (Lipinski definition) is 5. The molecular weight excluding hydrogens is 411 g/mol. The van der Waals surface area contributed by atoms with Gasteiger partial charge in [-0.15, -0.1) is 0 Å². The summed E-state index contributed by atoms with van der Waals surface area (Å²) >= 11 is 0. The number of rotatable bonds is 10. The Bertz CT molecular complexity index is 878. The molecule has 1 aliphatic heterocycles. The Labute approximate surface area is 189 Å². The first-order chi connectivity index (χ1) is 15.5. The van der Waals surface area contributed by atoms with Crippen LogP contribution >= 0.6 is 0 Å². The maximum Gasteiger partial charge on any atom is 0.308 e. The van der Waals surface area contributed by atoms with Crippen LogP contribution in [0.25, 0.3) is 0 Å². The van der Waals surface area contributed by atoms with Crippen LogP contribution < -0.4 is 9.47 Å². The predicted molar refractivity (Wildman–Crippen MR) is 120 cm³/mol. The monoisotopic (exact) mass is 444 g/mol. The van der Waals surface area contributed by atoms with Gasteiger partial charge in [-0.2, -0.15) is 0 Å². The van der Waals surface area contributed by atoms with Crippen molar-refractivity contribution in [2.24, 2.45) is 17.8 Å². The Morgan fingerprint density at radius 2 is 1.75 bits per heavy atom. The van der Waals surface area contributed by atoms with Crippen molar-refractivity contribution in [3.63, 3.8) is 0 Å². The van der Waals surface area contributed by atoms with Crippen LogP contribution in [0.1, 0.15) is 43.9 Å². The topological polar surface area (TPSA) is 54.0 Å². The Kier molecular flexibility index (Phi) is 8.51. The van der Waals surface area contributed by atoms with Gasteiger partial charge in [-0.25, -0.2) is 4.39 Å². The summed E-state index contributed by atoms with van der Waals surface area (Å²) in [6.45, 7) is 4.80.